The molecule has 0 aliphatic heterocycles. The lowest BCUT2D eigenvalue weighted by atomic mass is 10.3. The van der Waals surface area contributed by atoms with Gasteiger partial charge in [0, 0.05) is 22.2 Å². The van der Waals surface area contributed by atoms with Crippen LogP contribution in [0.3, 0.4) is 0 Å². The summed E-state index contributed by atoms with van der Waals surface area (Å²) in [5.74, 6) is 1.46. The molecule has 2 aromatic rings. The first kappa shape index (κ1) is 15.1. The molecule has 0 saturated heterocycles. The van der Waals surface area contributed by atoms with Gasteiger partial charge < -0.3 is 5.32 Å². The molecule has 1 N–H and O–H groups in total. The first-order valence-corrected chi connectivity index (χ1v) is 8.28. The molecular weight excluding hydrogens is 487 g/mol. The molecular formula is C12H11Br2IN4. The summed E-state index contributed by atoms with van der Waals surface area (Å²) < 4.78 is 2.84. The first-order valence-electron chi connectivity index (χ1n) is 5.62. The van der Waals surface area contributed by atoms with Gasteiger partial charge in [-0.3, -0.25) is 4.98 Å². The van der Waals surface area contributed by atoms with Crippen LogP contribution in [0.5, 0.6) is 0 Å². The average Bonchev–Trinajstić information content (AvgIpc) is 2.39. The van der Waals surface area contributed by atoms with E-state index >= 15 is 0 Å². The van der Waals surface area contributed by atoms with E-state index < -0.39 is 0 Å². The maximum absolute atomic E-state index is 4.59. The smallest absolute Gasteiger partial charge is 0.181 e. The van der Waals surface area contributed by atoms with E-state index in [1.54, 1.807) is 6.20 Å². The number of halogens is 3. The minimum Gasteiger partial charge on any atom is -0.372 e. The Morgan fingerprint density at radius 2 is 2.05 bits per heavy atom. The molecule has 0 aliphatic rings. The zero-order valence-electron chi connectivity index (χ0n) is 10.3. The highest BCUT2D eigenvalue weighted by atomic mass is 127. The fourth-order valence-corrected chi connectivity index (χ4v) is 3.64. The van der Waals surface area contributed by atoms with E-state index in [1.165, 1.54) is 0 Å². The summed E-state index contributed by atoms with van der Waals surface area (Å²) in [6.07, 6.45) is 2.60. The van der Waals surface area contributed by atoms with E-state index in [4.69, 9.17) is 0 Å². The third-order valence-corrected chi connectivity index (χ3v) is 4.68. The summed E-state index contributed by atoms with van der Waals surface area (Å²) in [5.41, 5.74) is 1.76. The van der Waals surface area contributed by atoms with Crippen molar-refractivity contribution in [3.05, 3.63) is 30.5 Å². The molecule has 2 heterocycles. The van der Waals surface area contributed by atoms with Gasteiger partial charge in [-0.05, 0) is 66.9 Å². The number of aryl methyl sites for hydroxylation is 1. The van der Waals surface area contributed by atoms with Crippen LogP contribution in [0, 0.1) is 3.57 Å². The fraction of sp³-hybridized carbons (Fsp3) is 0.250. The van der Waals surface area contributed by atoms with Crippen LogP contribution < -0.4 is 5.32 Å². The summed E-state index contributed by atoms with van der Waals surface area (Å²) in [5, 5.41) is 3.10. The predicted octanol–water partition coefficient (Wildman–Crippen LogP) is 4.27. The van der Waals surface area contributed by atoms with E-state index in [-0.39, 0.29) is 0 Å². The second kappa shape index (κ2) is 6.45. The molecule has 0 unspecified atom stereocenters. The van der Waals surface area contributed by atoms with Crippen LogP contribution >= 0.6 is 54.5 Å². The Balaban J connectivity index is 2.62. The molecule has 4 nitrogen and oxygen atoms in total. The Morgan fingerprint density at radius 1 is 1.32 bits per heavy atom. The average molecular weight is 498 g/mol. The number of hydrogen-bond donors (Lipinski definition) is 1. The molecule has 0 fully saturated rings. The Morgan fingerprint density at radius 3 is 2.63 bits per heavy atom. The summed E-state index contributed by atoms with van der Waals surface area (Å²) in [6, 6.07) is 1.94. The lowest BCUT2D eigenvalue weighted by molar-refractivity contribution is 0.982. The minimum atomic E-state index is 0.626. The third kappa shape index (κ3) is 3.25. The van der Waals surface area contributed by atoms with Crippen molar-refractivity contribution in [2.45, 2.75) is 13.3 Å². The van der Waals surface area contributed by atoms with Gasteiger partial charge in [-0.15, -0.1) is 0 Å². The monoisotopic (exact) mass is 496 g/mol. The van der Waals surface area contributed by atoms with Crippen LogP contribution in [0.4, 0.5) is 5.82 Å². The van der Waals surface area contributed by atoms with Crippen molar-refractivity contribution in [1.82, 2.24) is 15.0 Å². The first-order chi connectivity index (χ1) is 9.06. The Labute approximate surface area is 142 Å². The predicted molar refractivity (Wildman–Crippen MR) is 92.3 cm³/mol. The zero-order valence-corrected chi connectivity index (χ0v) is 15.7. The van der Waals surface area contributed by atoms with Gasteiger partial charge in [0.1, 0.15) is 11.5 Å². The quantitative estimate of drug-likeness (QED) is 0.643. The Hall–Kier alpha value is -0.280. The van der Waals surface area contributed by atoms with Crippen molar-refractivity contribution in [1.29, 1.82) is 0 Å². The maximum atomic E-state index is 4.59. The van der Waals surface area contributed by atoms with Crippen LogP contribution in [0.25, 0.3) is 11.5 Å². The summed E-state index contributed by atoms with van der Waals surface area (Å²) >= 11 is 9.15. The number of rotatable bonds is 3. The van der Waals surface area contributed by atoms with Crippen LogP contribution in [0.2, 0.25) is 0 Å². The van der Waals surface area contributed by atoms with Gasteiger partial charge in [-0.2, -0.15) is 0 Å². The van der Waals surface area contributed by atoms with Gasteiger partial charge in [0.05, 0.1) is 9.26 Å². The standard InChI is InChI=1S/C12H11Br2IN4/c1-3-8-9(15)11(16-2)19-12(18-8)10-7(14)4-6(13)5-17-10/h4-5H,3H2,1-2H3,(H,16,18,19). The molecule has 2 rings (SSSR count). The zero-order chi connectivity index (χ0) is 14.0. The van der Waals surface area contributed by atoms with E-state index in [9.17, 15) is 0 Å². The molecule has 0 aromatic carbocycles. The molecule has 0 radical (unpaired) electrons. The van der Waals surface area contributed by atoms with Gasteiger partial charge in [0.2, 0.25) is 0 Å². The second-order valence-electron chi connectivity index (χ2n) is 3.74. The summed E-state index contributed by atoms with van der Waals surface area (Å²) in [4.78, 5) is 13.5. The van der Waals surface area contributed by atoms with Crippen LogP contribution in [0.15, 0.2) is 21.2 Å². The summed E-state index contributed by atoms with van der Waals surface area (Å²) in [6.45, 7) is 2.08. The number of nitrogens with one attached hydrogen (secondary N) is 1. The van der Waals surface area contributed by atoms with Crippen LogP contribution in [-0.4, -0.2) is 22.0 Å². The number of hydrogen-bond acceptors (Lipinski definition) is 4. The fourth-order valence-electron chi connectivity index (χ4n) is 1.58. The highest BCUT2D eigenvalue weighted by molar-refractivity contribution is 14.1. The lowest BCUT2D eigenvalue weighted by Gasteiger charge is -2.10. The molecule has 0 atom stereocenters. The SMILES string of the molecule is CCc1nc(-c2ncc(Br)cc2Br)nc(NC)c1I. The molecule has 0 spiro atoms. The van der Waals surface area contributed by atoms with E-state index in [0.29, 0.717) is 5.82 Å². The number of aromatic nitrogens is 3. The Kier molecular flexibility index (Phi) is 5.13. The largest absolute Gasteiger partial charge is 0.372 e. The van der Waals surface area contributed by atoms with E-state index in [1.807, 2.05) is 13.1 Å². The second-order valence-corrected chi connectivity index (χ2v) is 6.59. The van der Waals surface area contributed by atoms with E-state index in [2.05, 4.69) is 81.6 Å². The molecule has 0 amide bonds. The molecule has 2 aromatic heterocycles. The van der Waals surface area contributed by atoms with Gasteiger partial charge in [-0.1, -0.05) is 6.92 Å². The van der Waals surface area contributed by atoms with Crippen molar-refractivity contribution >= 4 is 60.3 Å². The van der Waals surface area contributed by atoms with Crippen molar-refractivity contribution in [2.24, 2.45) is 0 Å². The molecule has 0 bridgehead atoms. The minimum absolute atomic E-state index is 0.626. The number of nitrogens with zero attached hydrogens (tertiary/aromatic N) is 3. The maximum Gasteiger partial charge on any atom is 0.181 e. The highest BCUT2D eigenvalue weighted by Crippen LogP contribution is 2.29. The van der Waals surface area contributed by atoms with E-state index in [0.717, 1.165) is 36.1 Å². The number of pyridine rings is 1. The molecule has 0 saturated carbocycles. The third-order valence-electron chi connectivity index (χ3n) is 2.51. The Bertz CT molecular complexity index is 594. The normalized spacial score (nSPS) is 10.6. The molecule has 19 heavy (non-hydrogen) atoms. The van der Waals surface area contributed by atoms with Crippen molar-refractivity contribution in [2.75, 3.05) is 12.4 Å². The summed E-state index contributed by atoms with van der Waals surface area (Å²) in [7, 11) is 1.86. The topological polar surface area (TPSA) is 50.7 Å². The van der Waals surface area contributed by atoms with Gasteiger partial charge >= 0.3 is 0 Å². The van der Waals surface area contributed by atoms with Crippen molar-refractivity contribution < 1.29 is 0 Å². The van der Waals surface area contributed by atoms with Crippen LogP contribution in [0.1, 0.15) is 12.6 Å². The van der Waals surface area contributed by atoms with Gasteiger partial charge in [0.15, 0.2) is 5.82 Å². The van der Waals surface area contributed by atoms with Gasteiger partial charge in [0.25, 0.3) is 0 Å². The molecule has 7 heteroatoms. The lowest BCUT2D eigenvalue weighted by Crippen LogP contribution is -2.05. The molecule has 0 aliphatic carbocycles. The van der Waals surface area contributed by atoms with Crippen molar-refractivity contribution in [3.8, 4) is 11.5 Å². The van der Waals surface area contributed by atoms with Crippen LogP contribution in [-0.2, 0) is 6.42 Å². The number of anilines is 1. The molecule has 100 valence electrons. The highest BCUT2D eigenvalue weighted by Gasteiger charge is 2.14. The van der Waals surface area contributed by atoms with Gasteiger partial charge in [-0.25, -0.2) is 9.97 Å². The van der Waals surface area contributed by atoms with Crippen molar-refractivity contribution in [3.63, 3.8) is 0 Å².